The fourth-order valence-electron chi connectivity index (χ4n) is 8.72. The number of phenolic OH excluding ortho intramolecular Hbond substituents is 2. The molecular formula is C40H44N2O13. The topological polar surface area (TPSA) is 229 Å². The number of carbonyl (C=O) groups excluding carboxylic acids is 5. The van der Waals surface area contributed by atoms with Crippen molar-refractivity contribution in [1.82, 2.24) is 10.2 Å². The van der Waals surface area contributed by atoms with Gasteiger partial charge in [-0.05, 0) is 50.7 Å². The molecule has 6 atom stereocenters. The number of benzene rings is 2. The van der Waals surface area contributed by atoms with Crippen LogP contribution in [0.3, 0.4) is 0 Å². The van der Waals surface area contributed by atoms with E-state index in [4.69, 9.17) is 14.2 Å². The van der Waals surface area contributed by atoms with Crippen LogP contribution in [0.15, 0.2) is 42.6 Å². The number of aromatic hydroxyl groups is 2. The highest BCUT2D eigenvalue weighted by molar-refractivity contribution is 6.31. The highest BCUT2D eigenvalue weighted by atomic mass is 16.7. The van der Waals surface area contributed by atoms with Crippen molar-refractivity contribution in [1.29, 1.82) is 0 Å². The van der Waals surface area contributed by atoms with Gasteiger partial charge in [-0.25, -0.2) is 0 Å². The van der Waals surface area contributed by atoms with Crippen molar-refractivity contribution < 1.29 is 63.7 Å². The van der Waals surface area contributed by atoms with Crippen LogP contribution >= 0.6 is 0 Å². The van der Waals surface area contributed by atoms with E-state index in [0.717, 1.165) is 12.8 Å². The first-order valence-corrected chi connectivity index (χ1v) is 18.4. The lowest BCUT2D eigenvalue weighted by Gasteiger charge is -2.43. The zero-order valence-electron chi connectivity index (χ0n) is 30.4. The molecular weight excluding hydrogens is 716 g/mol. The quantitative estimate of drug-likeness (QED) is 0.172. The lowest BCUT2D eigenvalue weighted by Crippen LogP contribution is -2.56. The number of carbonyl (C=O) groups is 5. The molecule has 0 radical (unpaired) electrons. The first kappa shape index (κ1) is 38.3. The summed E-state index contributed by atoms with van der Waals surface area (Å²) < 4.78 is 17.6. The number of nitrogens with zero attached hydrogens (tertiary/aromatic N) is 1. The average Bonchev–Trinajstić information content (AvgIpc) is 3.48. The van der Waals surface area contributed by atoms with E-state index in [-0.39, 0.29) is 58.1 Å². The Morgan fingerprint density at radius 2 is 1.75 bits per heavy atom. The van der Waals surface area contributed by atoms with E-state index in [1.165, 1.54) is 31.4 Å². The molecule has 55 heavy (non-hydrogen) atoms. The third kappa shape index (κ3) is 6.63. The van der Waals surface area contributed by atoms with E-state index in [1.54, 1.807) is 17.9 Å². The van der Waals surface area contributed by atoms with Gasteiger partial charge in [-0.15, -0.1) is 0 Å². The minimum atomic E-state index is -2.33. The van der Waals surface area contributed by atoms with E-state index in [0.29, 0.717) is 25.1 Å². The van der Waals surface area contributed by atoms with Gasteiger partial charge >= 0.3 is 0 Å². The van der Waals surface area contributed by atoms with Crippen LogP contribution in [0.1, 0.15) is 94.5 Å². The van der Waals surface area contributed by atoms with Crippen molar-refractivity contribution in [2.45, 2.75) is 88.1 Å². The molecule has 4 unspecified atom stereocenters. The molecule has 2 aromatic rings. The molecule has 7 rings (SSSR count). The molecule has 15 heteroatoms. The Balaban J connectivity index is 1.13. The predicted molar refractivity (Wildman–Crippen MR) is 191 cm³/mol. The predicted octanol–water partition coefficient (Wildman–Crippen LogP) is 1.88. The summed E-state index contributed by atoms with van der Waals surface area (Å²) in [6.07, 6.45) is -0.191. The molecule has 0 aromatic heterocycles. The summed E-state index contributed by atoms with van der Waals surface area (Å²) in [5.74, 6) is -4.50. The second-order valence-corrected chi connectivity index (χ2v) is 15.1. The number of rotatable bonds is 9. The maximum atomic E-state index is 14.0. The molecule has 5 aliphatic rings. The summed E-state index contributed by atoms with van der Waals surface area (Å²) in [5.41, 5.74) is -3.30. The Kier molecular flexibility index (Phi) is 10.2. The van der Waals surface area contributed by atoms with Crippen molar-refractivity contribution in [3.63, 3.8) is 0 Å². The number of Topliss-reactive ketones (excluding diaryl/α,β-unsaturated/α-hetero) is 1. The third-order valence-electron chi connectivity index (χ3n) is 11.8. The monoisotopic (exact) mass is 760 g/mol. The normalized spacial score (nSPS) is 30.1. The van der Waals surface area contributed by atoms with Gasteiger partial charge in [-0.2, -0.15) is 0 Å². The van der Waals surface area contributed by atoms with Gasteiger partial charge in [0.2, 0.25) is 11.7 Å². The van der Waals surface area contributed by atoms with E-state index in [9.17, 15) is 49.5 Å². The first-order chi connectivity index (χ1) is 26.2. The Morgan fingerprint density at radius 3 is 2.40 bits per heavy atom. The first-order valence-electron chi connectivity index (χ1n) is 18.4. The lowest BCUT2D eigenvalue weighted by molar-refractivity contribution is -0.249. The number of aliphatic hydroxyl groups excluding tert-OH is 2. The molecule has 6 N–H and O–H groups in total. The zero-order valence-corrected chi connectivity index (χ0v) is 30.4. The summed E-state index contributed by atoms with van der Waals surface area (Å²) in [7, 11) is 1.31. The Hall–Kier alpha value is -4.93. The highest BCUT2D eigenvalue weighted by Crippen LogP contribution is 2.52. The number of allylic oxidation sites excluding steroid dienone is 1. The van der Waals surface area contributed by atoms with Crippen LogP contribution in [-0.4, -0.2) is 110 Å². The molecule has 0 spiro atoms. The van der Waals surface area contributed by atoms with Crippen LogP contribution in [0.25, 0.3) is 0 Å². The summed E-state index contributed by atoms with van der Waals surface area (Å²) >= 11 is 0. The minimum absolute atomic E-state index is 0.0699. The van der Waals surface area contributed by atoms with E-state index in [2.05, 4.69) is 11.9 Å². The van der Waals surface area contributed by atoms with Crippen LogP contribution in [0.2, 0.25) is 0 Å². The van der Waals surface area contributed by atoms with Crippen molar-refractivity contribution in [2.24, 2.45) is 11.8 Å². The molecule has 15 nitrogen and oxygen atoms in total. The SMILES string of the molecule is C=C1C=CC(=O)N1CC1CCC(C(=O)NC2CC(O[C@H]3C[C@](O)(C(=O)CO)Cc4c(O)c5c(c(O)c43)C(=O)c3c(OC)cccc3C5=O)OC(C)C2O)CC1. The fraction of sp³-hybridized carbons (Fsp3) is 0.475. The fourth-order valence-corrected chi connectivity index (χ4v) is 8.72. The van der Waals surface area contributed by atoms with Gasteiger partial charge in [-0.3, -0.25) is 24.0 Å². The van der Waals surface area contributed by atoms with E-state index in [1.807, 2.05) is 0 Å². The minimum Gasteiger partial charge on any atom is -0.507 e. The van der Waals surface area contributed by atoms with Crippen LogP contribution in [-0.2, 0) is 30.3 Å². The molecule has 1 saturated carbocycles. The largest absolute Gasteiger partial charge is 0.507 e. The highest BCUT2D eigenvalue weighted by Gasteiger charge is 2.50. The van der Waals surface area contributed by atoms with Crippen LogP contribution in [0.4, 0.5) is 0 Å². The Morgan fingerprint density at radius 1 is 1.04 bits per heavy atom. The number of amides is 2. The Bertz CT molecular complexity index is 2000. The molecule has 0 bridgehead atoms. The molecule has 292 valence electrons. The average molecular weight is 761 g/mol. The molecule has 2 fully saturated rings. The number of hydrogen-bond acceptors (Lipinski definition) is 13. The standard InChI is InChI=1S/C40H44N2O13/c1-18-7-12-28(45)42(18)16-20-8-10-21(11-9-20)39(51)41-24-13-29(54-19(2)34(24)46)55-26-15-40(52,27(44)17-43)14-23-31(26)38(50)33-32(36(23)48)35(47)22-5-4-6-25(53-3)30(22)37(33)49/h4-7,12,19-21,24,26,29,34,43,46,48,50,52H,1,8-11,13-17H2,2-3H3,(H,41,51)/t19?,20?,21?,24?,26-,29?,34?,40-/m0/s1. The zero-order chi connectivity index (χ0) is 39.5. The number of phenols is 2. The number of ether oxygens (including phenoxy) is 3. The maximum Gasteiger partial charge on any atom is 0.251 e. The summed E-state index contributed by atoms with van der Waals surface area (Å²) in [5, 5.41) is 58.8. The third-order valence-corrected chi connectivity index (χ3v) is 11.8. The van der Waals surface area contributed by atoms with Gasteiger partial charge in [-0.1, -0.05) is 18.7 Å². The number of aliphatic hydroxyl groups is 3. The lowest BCUT2D eigenvalue weighted by atomic mass is 9.72. The van der Waals surface area contributed by atoms with Crippen molar-refractivity contribution in [2.75, 3.05) is 20.3 Å². The van der Waals surface area contributed by atoms with E-state index < -0.39 is 95.7 Å². The van der Waals surface area contributed by atoms with Crippen LogP contribution in [0.5, 0.6) is 17.2 Å². The van der Waals surface area contributed by atoms with Gasteiger partial charge in [0, 0.05) is 60.2 Å². The number of nitrogens with one attached hydrogen (secondary N) is 1. The van der Waals surface area contributed by atoms with E-state index >= 15 is 0 Å². The molecule has 3 aliphatic carbocycles. The summed E-state index contributed by atoms with van der Waals surface area (Å²) in [6.45, 7) is 4.94. The second kappa shape index (κ2) is 14.6. The van der Waals surface area contributed by atoms with Gasteiger partial charge < -0.3 is 50.0 Å². The van der Waals surface area contributed by atoms with Crippen LogP contribution in [0, 0.1) is 11.8 Å². The summed E-state index contributed by atoms with van der Waals surface area (Å²) in [4.78, 5) is 68.0. The van der Waals surface area contributed by atoms with Crippen molar-refractivity contribution >= 4 is 29.2 Å². The molecule has 1 saturated heterocycles. The Labute approximate surface area is 316 Å². The number of hydrogen-bond donors (Lipinski definition) is 6. The van der Waals surface area contributed by atoms with Gasteiger partial charge in [0.25, 0.3) is 5.91 Å². The second-order valence-electron chi connectivity index (χ2n) is 15.1. The maximum absolute atomic E-state index is 14.0. The summed E-state index contributed by atoms with van der Waals surface area (Å²) in [6, 6.07) is 3.48. The van der Waals surface area contributed by atoms with Gasteiger partial charge in [0.15, 0.2) is 17.9 Å². The van der Waals surface area contributed by atoms with Crippen LogP contribution < -0.4 is 10.1 Å². The molecule has 2 amide bonds. The molecule has 2 aromatic carbocycles. The number of ketones is 3. The number of fused-ring (bicyclic) bond motifs is 3. The van der Waals surface area contributed by atoms with Crippen molar-refractivity contribution in [3.8, 4) is 17.2 Å². The molecule has 2 heterocycles. The molecule has 2 aliphatic heterocycles. The van der Waals surface area contributed by atoms with Crippen molar-refractivity contribution in [3.05, 3.63) is 76.0 Å². The van der Waals surface area contributed by atoms with Gasteiger partial charge in [0.1, 0.15) is 35.6 Å². The number of methoxy groups -OCH3 is 1. The smallest absolute Gasteiger partial charge is 0.251 e. The van der Waals surface area contributed by atoms with Gasteiger partial charge in [0.05, 0.1) is 42.0 Å².